The molecule has 0 saturated carbocycles. The summed E-state index contributed by atoms with van der Waals surface area (Å²) in [6.07, 6.45) is 2.38. The van der Waals surface area contributed by atoms with E-state index in [4.69, 9.17) is 10.3 Å². The van der Waals surface area contributed by atoms with Crippen LogP contribution in [0, 0.1) is 13.8 Å². The summed E-state index contributed by atoms with van der Waals surface area (Å²) in [4.78, 5) is 8.29. The van der Waals surface area contributed by atoms with E-state index in [2.05, 4.69) is 20.4 Å². The number of nitrogens with two attached hydrogens (primary N) is 1. The minimum Gasteiger partial charge on any atom is -0.396 e. The lowest BCUT2D eigenvalue weighted by atomic mass is 10.2. The van der Waals surface area contributed by atoms with Crippen molar-refractivity contribution in [3.05, 3.63) is 29.5 Å². The van der Waals surface area contributed by atoms with Crippen LogP contribution in [0.3, 0.4) is 0 Å². The molecule has 0 fully saturated rings. The molecule has 0 radical (unpaired) electrons. The molecule has 0 aliphatic heterocycles. The molecule has 0 saturated heterocycles. The lowest BCUT2D eigenvalue weighted by molar-refractivity contribution is 0.377. The van der Waals surface area contributed by atoms with Crippen LogP contribution in [0.25, 0.3) is 0 Å². The summed E-state index contributed by atoms with van der Waals surface area (Å²) in [5.41, 5.74) is 7.58. The molecule has 3 N–H and O–H groups in total. The molecule has 2 rings (SSSR count). The first-order chi connectivity index (χ1) is 8.16. The Bertz CT molecular complexity index is 508. The molecule has 0 aliphatic rings. The molecule has 0 spiro atoms. The summed E-state index contributed by atoms with van der Waals surface area (Å²) in [5.74, 6) is 1.95. The molecule has 0 aliphatic carbocycles. The second kappa shape index (κ2) is 4.82. The van der Waals surface area contributed by atoms with Crippen LogP contribution in [-0.2, 0) is 6.42 Å². The van der Waals surface area contributed by atoms with Crippen LogP contribution in [0.1, 0.15) is 17.3 Å². The molecular formula is C11H15N5O. The van der Waals surface area contributed by atoms with Crippen LogP contribution in [0.4, 0.5) is 11.5 Å². The van der Waals surface area contributed by atoms with Gasteiger partial charge in [0.15, 0.2) is 5.82 Å². The topological polar surface area (TPSA) is 89.9 Å². The average Bonchev–Trinajstić information content (AvgIpc) is 2.70. The third-order valence-electron chi connectivity index (χ3n) is 2.41. The lowest BCUT2D eigenvalue weighted by Crippen LogP contribution is -2.09. The molecule has 0 atom stereocenters. The number of aryl methyl sites for hydroxylation is 2. The van der Waals surface area contributed by atoms with Crippen molar-refractivity contribution >= 4 is 11.5 Å². The summed E-state index contributed by atoms with van der Waals surface area (Å²) in [6.45, 7) is 4.40. The molecule has 0 aromatic carbocycles. The number of nitrogens with one attached hydrogen (secondary N) is 1. The monoisotopic (exact) mass is 233 g/mol. The summed E-state index contributed by atoms with van der Waals surface area (Å²) in [6, 6.07) is 1.88. The van der Waals surface area contributed by atoms with Gasteiger partial charge in [-0.25, -0.2) is 4.98 Å². The van der Waals surface area contributed by atoms with Gasteiger partial charge in [-0.15, -0.1) is 0 Å². The largest absolute Gasteiger partial charge is 0.396 e. The highest BCUT2D eigenvalue weighted by molar-refractivity contribution is 5.64. The first kappa shape index (κ1) is 11.4. The van der Waals surface area contributed by atoms with Crippen molar-refractivity contribution in [1.29, 1.82) is 0 Å². The van der Waals surface area contributed by atoms with Gasteiger partial charge < -0.3 is 15.6 Å². The zero-order valence-electron chi connectivity index (χ0n) is 9.90. The molecule has 0 amide bonds. The van der Waals surface area contributed by atoms with E-state index in [9.17, 15) is 0 Å². The van der Waals surface area contributed by atoms with Crippen LogP contribution >= 0.6 is 0 Å². The van der Waals surface area contributed by atoms with Gasteiger partial charge >= 0.3 is 0 Å². The molecule has 2 heterocycles. The van der Waals surface area contributed by atoms with Gasteiger partial charge in [0.1, 0.15) is 5.82 Å². The van der Waals surface area contributed by atoms with E-state index in [-0.39, 0.29) is 0 Å². The molecule has 0 bridgehead atoms. The van der Waals surface area contributed by atoms with E-state index < -0.39 is 0 Å². The van der Waals surface area contributed by atoms with Gasteiger partial charge in [0, 0.05) is 19.2 Å². The van der Waals surface area contributed by atoms with Gasteiger partial charge in [-0.3, -0.25) is 0 Å². The molecule has 2 aromatic heterocycles. The molecule has 2 aromatic rings. The zero-order valence-corrected chi connectivity index (χ0v) is 9.90. The van der Waals surface area contributed by atoms with E-state index >= 15 is 0 Å². The number of aromatic nitrogens is 3. The standard InChI is InChI=1S/C11H15N5O/c1-7-3-5-13-11(10(7)12)14-6-4-9-15-8(2)16-17-9/h3,5H,4,6,12H2,1-2H3,(H,13,14). The zero-order chi connectivity index (χ0) is 12.3. The van der Waals surface area contributed by atoms with Crippen molar-refractivity contribution in [2.24, 2.45) is 0 Å². The predicted octanol–water partition coefficient (Wildman–Crippen LogP) is 1.32. The van der Waals surface area contributed by atoms with E-state index in [1.54, 1.807) is 13.1 Å². The van der Waals surface area contributed by atoms with Crippen molar-refractivity contribution in [2.45, 2.75) is 20.3 Å². The first-order valence-corrected chi connectivity index (χ1v) is 5.41. The second-order valence-corrected chi connectivity index (χ2v) is 3.80. The number of nitrogen functional groups attached to an aromatic ring is 1. The highest BCUT2D eigenvalue weighted by atomic mass is 16.5. The Kier molecular flexibility index (Phi) is 3.22. The molecule has 6 nitrogen and oxygen atoms in total. The smallest absolute Gasteiger partial charge is 0.228 e. The first-order valence-electron chi connectivity index (χ1n) is 5.41. The predicted molar refractivity (Wildman–Crippen MR) is 64.6 cm³/mol. The van der Waals surface area contributed by atoms with Crippen LogP contribution in [0.2, 0.25) is 0 Å². The maximum absolute atomic E-state index is 5.89. The lowest BCUT2D eigenvalue weighted by Gasteiger charge is -2.08. The van der Waals surface area contributed by atoms with Gasteiger partial charge in [-0.2, -0.15) is 4.98 Å². The normalized spacial score (nSPS) is 10.5. The summed E-state index contributed by atoms with van der Waals surface area (Å²) < 4.78 is 5.00. The number of hydrogen-bond donors (Lipinski definition) is 2. The number of rotatable bonds is 4. The number of hydrogen-bond acceptors (Lipinski definition) is 6. The Hall–Kier alpha value is -2.11. The average molecular weight is 233 g/mol. The molecular weight excluding hydrogens is 218 g/mol. The summed E-state index contributed by atoms with van der Waals surface area (Å²) >= 11 is 0. The third-order valence-corrected chi connectivity index (χ3v) is 2.41. The fraction of sp³-hybridized carbons (Fsp3) is 0.364. The van der Waals surface area contributed by atoms with Gasteiger partial charge in [0.2, 0.25) is 5.89 Å². The number of pyridine rings is 1. The third kappa shape index (κ3) is 2.72. The van der Waals surface area contributed by atoms with Crippen molar-refractivity contribution in [3.8, 4) is 0 Å². The molecule has 0 unspecified atom stereocenters. The fourth-order valence-electron chi connectivity index (χ4n) is 1.44. The number of anilines is 2. The van der Waals surface area contributed by atoms with Crippen LogP contribution in [0.5, 0.6) is 0 Å². The van der Waals surface area contributed by atoms with Gasteiger partial charge in [0.25, 0.3) is 0 Å². The Morgan fingerprint density at radius 2 is 2.24 bits per heavy atom. The molecule has 90 valence electrons. The molecule has 6 heteroatoms. The van der Waals surface area contributed by atoms with Crippen molar-refractivity contribution < 1.29 is 4.52 Å². The number of nitrogens with zero attached hydrogens (tertiary/aromatic N) is 3. The summed E-state index contributed by atoms with van der Waals surface area (Å²) in [7, 11) is 0. The van der Waals surface area contributed by atoms with Crippen LogP contribution in [-0.4, -0.2) is 21.7 Å². The van der Waals surface area contributed by atoms with Gasteiger partial charge in [-0.05, 0) is 25.5 Å². The molecule has 17 heavy (non-hydrogen) atoms. The SMILES string of the molecule is Cc1noc(CCNc2nccc(C)c2N)n1. The minimum absolute atomic E-state index is 0.612. The van der Waals surface area contributed by atoms with Crippen LogP contribution in [0.15, 0.2) is 16.8 Å². The van der Waals surface area contributed by atoms with Gasteiger partial charge in [0.05, 0.1) is 5.69 Å². The van der Waals surface area contributed by atoms with E-state index in [0.29, 0.717) is 36.2 Å². The fourth-order valence-corrected chi connectivity index (χ4v) is 1.44. The maximum atomic E-state index is 5.89. The Morgan fingerprint density at radius 1 is 1.41 bits per heavy atom. The van der Waals surface area contributed by atoms with Crippen molar-refractivity contribution in [1.82, 2.24) is 15.1 Å². The maximum Gasteiger partial charge on any atom is 0.228 e. The Balaban J connectivity index is 1.92. The highest BCUT2D eigenvalue weighted by Gasteiger charge is 2.05. The van der Waals surface area contributed by atoms with E-state index in [1.807, 2.05) is 13.0 Å². The quantitative estimate of drug-likeness (QED) is 0.827. The Labute approximate surface area is 99.2 Å². The van der Waals surface area contributed by atoms with Crippen LogP contribution < -0.4 is 11.1 Å². The van der Waals surface area contributed by atoms with E-state index in [1.165, 1.54) is 0 Å². The van der Waals surface area contributed by atoms with Crippen molar-refractivity contribution in [2.75, 3.05) is 17.6 Å². The van der Waals surface area contributed by atoms with Crippen molar-refractivity contribution in [3.63, 3.8) is 0 Å². The second-order valence-electron chi connectivity index (χ2n) is 3.80. The summed E-state index contributed by atoms with van der Waals surface area (Å²) in [5, 5.41) is 6.87. The van der Waals surface area contributed by atoms with E-state index in [0.717, 1.165) is 5.56 Å². The highest BCUT2D eigenvalue weighted by Crippen LogP contribution is 2.18. The Morgan fingerprint density at radius 3 is 2.94 bits per heavy atom. The minimum atomic E-state index is 0.612. The van der Waals surface area contributed by atoms with Gasteiger partial charge in [-0.1, -0.05) is 5.16 Å².